The summed E-state index contributed by atoms with van der Waals surface area (Å²) in [6.07, 6.45) is -0.759. The van der Waals surface area contributed by atoms with Crippen molar-refractivity contribution in [2.24, 2.45) is 11.3 Å². The monoisotopic (exact) mass is 452 g/mol. The van der Waals surface area contributed by atoms with Crippen molar-refractivity contribution in [3.05, 3.63) is 35.5 Å². The number of nitrogens with one attached hydrogen (secondary N) is 1. The topological polar surface area (TPSA) is 71.5 Å². The lowest BCUT2D eigenvalue weighted by atomic mass is 9.72. The number of hydrogen-bond acceptors (Lipinski definition) is 4. The first-order valence-electron chi connectivity index (χ1n) is 11.0. The van der Waals surface area contributed by atoms with Crippen molar-refractivity contribution in [2.45, 2.75) is 71.7 Å². The van der Waals surface area contributed by atoms with E-state index in [-0.39, 0.29) is 47.6 Å². The normalized spacial score (nSPS) is 19.8. The number of halogens is 3. The van der Waals surface area contributed by atoms with Gasteiger partial charge in [0.2, 0.25) is 0 Å². The molecule has 8 heteroatoms. The highest BCUT2D eigenvalue weighted by atomic mass is 19.4. The van der Waals surface area contributed by atoms with E-state index in [2.05, 4.69) is 31.1 Å². The van der Waals surface area contributed by atoms with Gasteiger partial charge in [-0.2, -0.15) is 13.2 Å². The number of rotatable bonds is 7. The molecule has 0 unspecified atom stereocenters. The maximum Gasteiger partial charge on any atom is 0.417 e. The first-order chi connectivity index (χ1) is 14.9. The Morgan fingerprint density at radius 2 is 1.84 bits per heavy atom. The van der Waals surface area contributed by atoms with E-state index in [1.165, 1.54) is 6.07 Å². The van der Waals surface area contributed by atoms with Gasteiger partial charge >= 0.3 is 12.1 Å². The van der Waals surface area contributed by atoms with Gasteiger partial charge in [0.25, 0.3) is 0 Å². The molecule has 1 saturated carbocycles. The summed E-state index contributed by atoms with van der Waals surface area (Å²) in [5.74, 6) is 0.0817. The van der Waals surface area contributed by atoms with Crippen molar-refractivity contribution in [2.75, 3.05) is 6.54 Å². The van der Waals surface area contributed by atoms with Crippen molar-refractivity contribution < 1.29 is 27.8 Å². The van der Waals surface area contributed by atoms with E-state index in [0.717, 1.165) is 31.7 Å². The fourth-order valence-electron chi connectivity index (χ4n) is 4.31. The number of aliphatic carboxylic acids is 1. The third-order valence-corrected chi connectivity index (χ3v) is 6.16. The molecule has 0 radical (unpaired) electrons. The summed E-state index contributed by atoms with van der Waals surface area (Å²) in [6, 6.07) is 5.69. The lowest BCUT2D eigenvalue weighted by Crippen LogP contribution is -2.30. The van der Waals surface area contributed by atoms with E-state index < -0.39 is 17.7 Å². The Morgan fingerprint density at radius 3 is 2.44 bits per heavy atom. The quantitative estimate of drug-likeness (QED) is 0.520. The minimum absolute atomic E-state index is 0.00561. The molecular weight excluding hydrogens is 421 g/mol. The number of fused-ring (bicyclic) bond motifs is 1. The molecule has 176 valence electrons. The summed E-state index contributed by atoms with van der Waals surface area (Å²) in [4.78, 5) is 14.9. The maximum atomic E-state index is 13.8. The molecule has 1 fully saturated rings. The van der Waals surface area contributed by atoms with Gasteiger partial charge in [0.15, 0.2) is 0 Å². The number of benzene rings is 1. The van der Waals surface area contributed by atoms with Crippen LogP contribution in [0.15, 0.2) is 24.3 Å². The Hall–Kier alpha value is -2.35. The van der Waals surface area contributed by atoms with Crippen LogP contribution < -0.4 is 10.1 Å². The summed E-state index contributed by atoms with van der Waals surface area (Å²) < 4.78 is 47.4. The summed E-state index contributed by atoms with van der Waals surface area (Å²) in [5.41, 5.74) is -0.0658. The number of alkyl halides is 3. The molecule has 5 nitrogen and oxygen atoms in total. The standard InChI is InChI=1S/C24H31F3N2O3/c1-23(2,3)15-4-6-17(7-5-15)32-18-8-9-21-19(13-18)20(24(25,26)27)12-16(29-21)14-28-11-10-22(30)31/h8-9,12-13,15,17,28H,4-7,10-11,14H2,1-3H3,(H,30,31)/t15-,17-. The fourth-order valence-corrected chi connectivity index (χ4v) is 4.31. The molecule has 2 N–H and O–H groups in total. The van der Waals surface area contributed by atoms with Gasteiger partial charge in [-0.05, 0) is 61.3 Å². The van der Waals surface area contributed by atoms with Crippen LogP contribution in [0.25, 0.3) is 10.9 Å². The smallest absolute Gasteiger partial charge is 0.417 e. The number of carboxylic acid groups (broad SMARTS) is 1. The largest absolute Gasteiger partial charge is 0.490 e. The number of nitrogens with zero attached hydrogens (tertiary/aromatic N) is 1. The van der Waals surface area contributed by atoms with E-state index >= 15 is 0 Å². The highest BCUT2D eigenvalue weighted by Crippen LogP contribution is 2.40. The fraction of sp³-hybridized carbons (Fsp3) is 0.583. The zero-order valence-electron chi connectivity index (χ0n) is 18.8. The Kier molecular flexibility index (Phi) is 7.32. The van der Waals surface area contributed by atoms with E-state index in [4.69, 9.17) is 9.84 Å². The van der Waals surface area contributed by atoms with Crippen molar-refractivity contribution in [3.63, 3.8) is 0 Å². The predicted octanol–water partition coefficient (Wildman–Crippen LogP) is 5.80. The molecule has 0 spiro atoms. The first kappa shape index (κ1) is 24.3. The van der Waals surface area contributed by atoms with Crippen LogP contribution in [0.5, 0.6) is 5.75 Å². The van der Waals surface area contributed by atoms with Gasteiger partial charge in [-0.15, -0.1) is 0 Å². The average molecular weight is 453 g/mol. The van der Waals surface area contributed by atoms with Crippen LogP contribution in [-0.2, 0) is 17.5 Å². The van der Waals surface area contributed by atoms with Crippen molar-refractivity contribution in [1.82, 2.24) is 10.3 Å². The van der Waals surface area contributed by atoms with Crippen LogP contribution in [0.2, 0.25) is 0 Å². The van der Waals surface area contributed by atoms with Crippen LogP contribution in [0.3, 0.4) is 0 Å². The molecule has 0 saturated heterocycles. The molecule has 0 aliphatic heterocycles. The van der Waals surface area contributed by atoms with Crippen LogP contribution in [0, 0.1) is 11.3 Å². The summed E-state index contributed by atoms with van der Waals surface area (Å²) in [7, 11) is 0. The van der Waals surface area contributed by atoms with E-state index in [0.29, 0.717) is 11.7 Å². The molecule has 1 aromatic heterocycles. The lowest BCUT2D eigenvalue weighted by molar-refractivity contribution is -0.137. The molecule has 1 aliphatic carbocycles. The molecule has 0 amide bonds. The van der Waals surface area contributed by atoms with Gasteiger partial charge < -0.3 is 15.2 Å². The molecule has 1 heterocycles. The Bertz CT molecular complexity index is 946. The van der Waals surface area contributed by atoms with Crippen molar-refractivity contribution in [1.29, 1.82) is 0 Å². The van der Waals surface area contributed by atoms with Crippen LogP contribution in [0.1, 0.15) is 64.1 Å². The van der Waals surface area contributed by atoms with Gasteiger partial charge in [-0.3, -0.25) is 9.78 Å². The van der Waals surface area contributed by atoms with E-state index in [1.54, 1.807) is 12.1 Å². The lowest BCUT2D eigenvalue weighted by Gasteiger charge is -2.37. The zero-order valence-corrected chi connectivity index (χ0v) is 18.8. The minimum atomic E-state index is -4.54. The van der Waals surface area contributed by atoms with Crippen LogP contribution in [0.4, 0.5) is 13.2 Å². The van der Waals surface area contributed by atoms with Gasteiger partial charge in [-0.1, -0.05) is 20.8 Å². The van der Waals surface area contributed by atoms with Gasteiger partial charge in [-0.25, -0.2) is 0 Å². The summed E-state index contributed by atoms with van der Waals surface area (Å²) >= 11 is 0. The predicted molar refractivity (Wildman–Crippen MR) is 117 cm³/mol. The molecule has 32 heavy (non-hydrogen) atoms. The molecule has 1 aromatic carbocycles. The zero-order chi connectivity index (χ0) is 23.5. The second-order valence-corrected chi connectivity index (χ2v) is 9.62. The third kappa shape index (κ3) is 6.34. The SMILES string of the molecule is CC(C)(C)[C@H]1CC[C@H](Oc2ccc3nc(CNCCC(=O)O)cc(C(F)(F)F)c3c2)CC1. The first-order valence-corrected chi connectivity index (χ1v) is 11.0. The third-order valence-electron chi connectivity index (χ3n) is 6.16. The highest BCUT2D eigenvalue weighted by molar-refractivity contribution is 5.84. The molecule has 2 aromatic rings. The van der Waals surface area contributed by atoms with Gasteiger partial charge in [0, 0.05) is 18.5 Å². The molecule has 0 bridgehead atoms. The van der Waals surface area contributed by atoms with E-state index in [9.17, 15) is 18.0 Å². The summed E-state index contributed by atoms with van der Waals surface area (Å²) in [5, 5.41) is 11.5. The number of pyridine rings is 1. The number of carbonyl (C=O) groups is 1. The van der Waals surface area contributed by atoms with Gasteiger partial charge in [0.1, 0.15) is 5.75 Å². The van der Waals surface area contributed by atoms with Crippen molar-refractivity contribution in [3.8, 4) is 5.75 Å². The second kappa shape index (κ2) is 9.65. The van der Waals surface area contributed by atoms with E-state index in [1.807, 2.05) is 0 Å². The molecular formula is C24H31F3N2O3. The Balaban J connectivity index is 1.77. The molecule has 3 rings (SSSR count). The van der Waals surface area contributed by atoms with Crippen molar-refractivity contribution >= 4 is 16.9 Å². The minimum Gasteiger partial charge on any atom is -0.490 e. The maximum absolute atomic E-state index is 13.8. The number of hydrogen-bond donors (Lipinski definition) is 2. The number of carboxylic acids is 1. The highest BCUT2D eigenvalue weighted by Gasteiger charge is 2.34. The van der Waals surface area contributed by atoms with Gasteiger partial charge in [0.05, 0.1) is 29.3 Å². The molecule has 1 aliphatic rings. The van der Waals surface area contributed by atoms with Crippen LogP contribution >= 0.6 is 0 Å². The number of ether oxygens (including phenoxy) is 1. The Labute approximate surface area is 186 Å². The molecule has 0 atom stereocenters. The van der Waals surface area contributed by atoms with Crippen LogP contribution in [-0.4, -0.2) is 28.7 Å². The Morgan fingerprint density at radius 1 is 1.16 bits per heavy atom. The summed E-state index contributed by atoms with van der Waals surface area (Å²) in [6.45, 7) is 6.93. The number of aromatic nitrogens is 1. The second-order valence-electron chi connectivity index (χ2n) is 9.62. The average Bonchev–Trinajstić information content (AvgIpc) is 2.69.